The first-order valence-electron chi connectivity index (χ1n) is 6.43. The Labute approximate surface area is 115 Å². The van der Waals surface area contributed by atoms with Crippen LogP contribution in [0.4, 0.5) is 0 Å². The van der Waals surface area contributed by atoms with Crippen LogP contribution in [0.5, 0.6) is 0 Å². The normalized spacial score (nSPS) is 18.4. The molecule has 1 amide bonds. The zero-order valence-electron chi connectivity index (χ0n) is 11.4. The highest BCUT2D eigenvalue weighted by Crippen LogP contribution is 2.27. The van der Waals surface area contributed by atoms with Gasteiger partial charge in [0.1, 0.15) is 6.04 Å². The van der Waals surface area contributed by atoms with Crippen molar-refractivity contribution in [2.75, 3.05) is 20.3 Å². The van der Waals surface area contributed by atoms with E-state index in [0.29, 0.717) is 25.5 Å². The van der Waals surface area contributed by atoms with Gasteiger partial charge in [-0.15, -0.1) is 10.2 Å². The minimum absolute atomic E-state index is 0.0547. The number of fused-ring (bicyclic) bond motifs is 1. The molecular weight excluding hydrogens is 260 g/mol. The Morgan fingerprint density at radius 2 is 2.35 bits per heavy atom. The largest absolute Gasteiger partial charge is 0.383 e. The molecule has 0 radical (unpaired) electrons. The van der Waals surface area contributed by atoms with Crippen LogP contribution in [0.25, 0.3) is 11.4 Å². The van der Waals surface area contributed by atoms with E-state index in [0.717, 1.165) is 11.4 Å². The Morgan fingerprint density at radius 3 is 3.05 bits per heavy atom. The summed E-state index contributed by atoms with van der Waals surface area (Å²) in [6.07, 6.45) is 3.41. The van der Waals surface area contributed by atoms with Gasteiger partial charge in [-0.05, 0) is 6.92 Å². The second-order valence-corrected chi connectivity index (χ2v) is 4.73. The van der Waals surface area contributed by atoms with Crippen LogP contribution in [0, 0.1) is 0 Å². The van der Waals surface area contributed by atoms with Crippen molar-refractivity contribution in [1.29, 1.82) is 0 Å². The fourth-order valence-electron chi connectivity index (χ4n) is 2.42. The van der Waals surface area contributed by atoms with Crippen LogP contribution in [-0.4, -0.2) is 56.0 Å². The number of methoxy groups -OCH3 is 1. The number of hydrogen-bond donors (Lipinski definition) is 1. The maximum absolute atomic E-state index is 12.4. The molecule has 0 aliphatic carbocycles. The van der Waals surface area contributed by atoms with Crippen molar-refractivity contribution >= 4 is 5.91 Å². The van der Waals surface area contributed by atoms with E-state index < -0.39 is 0 Å². The number of hydrogen-bond acceptors (Lipinski definition) is 5. The van der Waals surface area contributed by atoms with Gasteiger partial charge in [0.25, 0.3) is 0 Å². The zero-order valence-corrected chi connectivity index (χ0v) is 11.4. The van der Waals surface area contributed by atoms with E-state index in [1.54, 1.807) is 24.4 Å². The second kappa shape index (κ2) is 5.04. The molecule has 8 heteroatoms. The monoisotopic (exact) mass is 276 g/mol. The lowest BCUT2D eigenvalue weighted by Gasteiger charge is -2.31. The molecule has 3 rings (SSSR count). The molecule has 1 atom stereocenters. The standard InChI is InChI=1S/C12H16N6O2/c1-8-12(19)17(3-4-20-2)7-10-15-16-11(18(8)10)9-5-13-14-6-9/h5-6,8H,3-4,7H2,1-2H3,(H,13,14)/t8-/m0/s1. The number of aromatic amines is 1. The smallest absolute Gasteiger partial charge is 0.245 e. The summed E-state index contributed by atoms with van der Waals surface area (Å²) >= 11 is 0. The highest BCUT2D eigenvalue weighted by Gasteiger charge is 2.33. The van der Waals surface area contributed by atoms with E-state index in [1.165, 1.54) is 0 Å². The number of rotatable bonds is 4. The third-order valence-corrected chi connectivity index (χ3v) is 3.48. The van der Waals surface area contributed by atoms with Gasteiger partial charge in [0.15, 0.2) is 11.6 Å². The molecule has 0 saturated carbocycles. The van der Waals surface area contributed by atoms with Crippen LogP contribution in [0.15, 0.2) is 12.4 Å². The van der Waals surface area contributed by atoms with Crippen LogP contribution in [-0.2, 0) is 16.1 Å². The molecule has 3 heterocycles. The lowest BCUT2D eigenvalue weighted by molar-refractivity contribution is -0.137. The summed E-state index contributed by atoms with van der Waals surface area (Å²) in [5, 5.41) is 15.0. The summed E-state index contributed by atoms with van der Waals surface area (Å²) in [7, 11) is 1.62. The van der Waals surface area contributed by atoms with Gasteiger partial charge in [0.05, 0.1) is 24.9 Å². The average Bonchev–Trinajstić information content (AvgIpc) is 3.09. The van der Waals surface area contributed by atoms with Crippen LogP contribution in [0.2, 0.25) is 0 Å². The van der Waals surface area contributed by atoms with Crippen LogP contribution in [0.1, 0.15) is 18.8 Å². The van der Waals surface area contributed by atoms with Crippen LogP contribution >= 0.6 is 0 Å². The molecule has 8 nitrogen and oxygen atoms in total. The van der Waals surface area contributed by atoms with Gasteiger partial charge in [-0.2, -0.15) is 5.10 Å². The van der Waals surface area contributed by atoms with Crippen molar-refractivity contribution in [2.24, 2.45) is 0 Å². The van der Waals surface area contributed by atoms with Gasteiger partial charge in [-0.1, -0.05) is 0 Å². The fraction of sp³-hybridized carbons (Fsp3) is 0.500. The Kier molecular flexibility index (Phi) is 3.23. The number of ether oxygens (including phenoxy) is 1. The maximum Gasteiger partial charge on any atom is 0.245 e. The lowest BCUT2D eigenvalue weighted by Crippen LogP contribution is -2.43. The average molecular weight is 276 g/mol. The van der Waals surface area contributed by atoms with Gasteiger partial charge in [-0.25, -0.2) is 0 Å². The number of H-pyrrole nitrogens is 1. The molecular formula is C12H16N6O2. The van der Waals surface area contributed by atoms with E-state index >= 15 is 0 Å². The van der Waals surface area contributed by atoms with E-state index in [-0.39, 0.29) is 11.9 Å². The predicted molar refractivity (Wildman–Crippen MR) is 69.6 cm³/mol. The topological polar surface area (TPSA) is 88.9 Å². The summed E-state index contributed by atoms with van der Waals surface area (Å²) in [5.41, 5.74) is 0.828. The molecule has 1 aliphatic heterocycles. The van der Waals surface area contributed by atoms with Crippen molar-refractivity contribution in [3.8, 4) is 11.4 Å². The van der Waals surface area contributed by atoms with Crippen LogP contribution < -0.4 is 0 Å². The number of amides is 1. The minimum Gasteiger partial charge on any atom is -0.383 e. The van der Waals surface area contributed by atoms with Crippen molar-refractivity contribution in [3.63, 3.8) is 0 Å². The first-order chi connectivity index (χ1) is 9.72. The Morgan fingerprint density at radius 1 is 1.50 bits per heavy atom. The van der Waals surface area contributed by atoms with Gasteiger partial charge in [-0.3, -0.25) is 14.5 Å². The molecule has 0 spiro atoms. The molecule has 0 unspecified atom stereocenters. The number of aromatic nitrogens is 5. The number of carbonyl (C=O) groups is 1. The first kappa shape index (κ1) is 12.8. The number of nitrogens with one attached hydrogen (secondary N) is 1. The minimum atomic E-state index is -0.324. The molecule has 2 aromatic heterocycles. The molecule has 20 heavy (non-hydrogen) atoms. The van der Waals surface area contributed by atoms with E-state index in [1.807, 2.05) is 11.5 Å². The number of carbonyl (C=O) groups excluding carboxylic acids is 1. The van der Waals surface area contributed by atoms with Crippen molar-refractivity contribution in [1.82, 2.24) is 29.9 Å². The summed E-state index contributed by atoms with van der Waals surface area (Å²) in [6.45, 7) is 3.39. The van der Waals surface area contributed by atoms with E-state index in [9.17, 15) is 4.79 Å². The molecule has 0 fully saturated rings. The quantitative estimate of drug-likeness (QED) is 0.862. The Bertz CT molecular complexity index is 606. The summed E-state index contributed by atoms with van der Waals surface area (Å²) < 4.78 is 6.90. The summed E-state index contributed by atoms with van der Waals surface area (Å²) in [6, 6.07) is -0.324. The molecule has 0 bridgehead atoms. The third kappa shape index (κ3) is 1.97. The third-order valence-electron chi connectivity index (χ3n) is 3.48. The SMILES string of the molecule is COCCN1Cc2nnc(-c3cn[nH]c3)n2[C@@H](C)C1=O. The summed E-state index contributed by atoms with van der Waals surface area (Å²) in [5.74, 6) is 1.50. The predicted octanol–water partition coefficient (Wildman–Crippen LogP) is 0.218. The van der Waals surface area contributed by atoms with Crippen LogP contribution in [0.3, 0.4) is 0 Å². The van der Waals surface area contributed by atoms with E-state index in [4.69, 9.17) is 4.74 Å². The highest BCUT2D eigenvalue weighted by atomic mass is 16.5. The molecule has 1 aliphatic rings. The zero-order chi connectivity index (χ0) is 14.1. The van der Waals surface area contributed by atoms with Gasteiger partial charge >= 0.3 is 0 Å². The van der Waals surface area contributed by atoms with Gasteiger partial charge in [0.2, 0.25) is 5.91 Å². The molecule has 0 saturated heterocycles. The maximum atomic E-state index is 12.4. The van der Waals surface area contributed by atoms with Crippen molar-refractivity contribution in [3.05, 3.63) is 18.2 Å². The fourth-order valence-corrected chi connectivity index (χ4v) is 2.42. The second-order valence-electron chi connectivity index (χ2n) is 4.73. The summed E-state index contributed by atoms with van der Waals surface area (Å²) in [4.78, 5) is 14.1. The van der Waals surface area contributed by atoms with Crippen molar-refractivity contribution in [2.45, 2.75) is 19.5 Å². The van der Waals surface area contributed by atoms with Gasteiger partial charge in [0, 0.05) is 19.9 Å². The first-order valence-corrected chi connectivity index (χ1v) is 6.43. The Hall–Kier alpha value is -2.22. The van der Waals surface area contributed by atoms with Gasteiger partial charge < -0.3 is 9.64 Å². The van der Waals surface area contributed by atoms with E-state index in [2.05, 4.69) is 20.4 Å². The highest BCUT2D eigenvalue weighted by molar-refractivity contribution is 5.82. The molecule has 106 valence electrons. The lowest BCUT2D eigenvalue weighted by atomic mass is 10.2. The molecule has 1 N–H and O–H groups in total. The number of nitrogens with zero attached hydrogens (tertiary/aromatic N) is 5. The Balaban J connectivity index is 1.94. The molecule has 0 aromatic carbocycles. The van der Waals surface area contributed by atoms with Crippen molar-refractivity contribution < 1.29 is 9.53 Å². The molecule has 2 aromatic rings.